The second kappa shape index (κ2) is 6.85. The summed E-state index contributed by atoms with van der Waals surface area (Å²) in [5.74, 6) is -4.29. The number of benzene rings is 1. The third-order valence-corrected chi connectivity index (χ3v) is 5.51. The topological polar surface area (TPSA) is 110 Å². The van der Waals surface area contributed by atoms with Crippen molar-refractivity contribution in [1.82, 2.24) is 15.1 Å². The van der Waals surface area contributed by atoms with Gasteiger partial charge in [0.15, 0.2) is 0 Å². The molecule has 8 nitrogen and oxygen atoms in total. The van der Waals surface area contributed by atoms with Crippen LogP contribution in [0.3, 0.4) is 0 Å². The second-order valence-electron chi connectivity index (χ2n) is 6.95. The lowest BCUT2D eigenvalue weighted by atomic mass is 10.0. The molecule has 4 amide bonds. The molecule has 1 saturated heterocycles. The molecule has 158 valence electrons. The molecule has 0 aromatic heterocycles. The van der Waals surface area contributed by atoms with Crippen molar-refractivity contribution < 1.29 is 37.8 Å². The Morgan fingerprint density at radius 2 is 1.93 bits per heavy atom. The van der Waals surface area contributed by atoms with Crippen molar-refractivity contribution in [3.63, 3.8) is 0 Å². The molecule has 0 aliphatic carbocycles. The van der Waals surface area contributed by atoms with Crippen LogP contribution in [0.1, 0.15) is 42.5 Å². The first kappa shape index (κ1) is 21.3. The molecule has 3 N–H and O–H groups in total. The third-order valence-electron chi connectivity index (χ3n) is 5.20. The summed E-state index contributed by atoms with van der Waals surface area (Å²) in [5, 5.41) is 22.3. The number of carbonyl (C=O) groups excluding carboxylic acids is 3. The van der Waals surface area contributed by atoms with E-state index in [0.717, 1.165) is 11.0 Å². The predicted octanol–water partition coefficient (Wildman–Crippen LogP) is 1.69. The van der Waals surface area contributed by atoms with Crippen molar-refractivity contribution in [3.05, 3.63) is 33.8 Å². The minimum absolute atomic E-state index is 0.100. The van der Waals surface area contributed by atoms with Gasteiger partial charge in [-0.25, -0.2) is 4.79 Å². The lowest BCUT2D eigenvalue weighted by molar-refractivity contribution is -0.266. The largest absolute Gasteiger partial charge is 0.417 e. The van der Waals surface area contributed by atoms with Crippen molar-refractivity contribution >= 4 is 29.4 Å². The van der Waals surface area contributed by atoms with E-state index >= 15 is 0 Å². The molecule has 1 aromatic carbocycles. The second-order valence-corrected chi connectivity index (χ2v) is 7.36. The van der Waals surface area contributed by atoms with Crippen LogP contribution >= 0.6 is 11.6 Å². The molecule has 29 heavy (non-hydrogen) atoms. The van der Waals surface area contributed by atoms with Gasteiger partial charge in [-0.15, -0.1) is 0 Å². The van der Waals surface area contributed by atoms with Crippen LogP contribution in [0.15, 0.2) is 12.1 Å². The summed E-state index contributed by atoms with van der Waals surface area (Å²) < 4.78 is 39.4. The average Bonchev–Trinajstić information content (AvgIpc) is 2.94. The summed E-state index contributed by atoms with van der Waals surface area (Å²) in [6.45, 7) is 1.34. The average molecular weight is 436 g/mol. The molecule has 2 unspecified atom stereocenters. The maximum Gasteiger partial charge on any atom is 0.417 e. The lowest BCUT2D eigenvalue weighted by Gasteiger charge is -2.32. The van der Waals surface area contributed by atoms with Gasteiger partial charge >= 0.3 is 12.2 Å². The Balaban J connectivity index is 1.86. The monoisotopic (exact) mass is 435 g/mol. The van der Waals surface area contributed by atoms with E-state index in [-0.39, 0.29) is 24.0 Å². The summed E-state index contributed by atoms with van der Waals surface area (Å²) in [5.41, 5.74) is -1.59. The fraction of sp³-hybridized carbons (Fsp3) is 0.471. The maximum absolute atomic E-state index is 13.1. The normalized spacial score (nSPS) is 23.4. The number of halogens is 4. The number of carbonyl (C=O) groups is 3. The Hall–Kier alpha value is -2.37. The van der Waals surface area contributed by atoms with E-state index in [1.807, 2.05) is 0 Å². The number of likely N-dealkylation sites (N-methyl/N-ethyl adjacent to an activating group) is 1. The molecular formula is C17H17ClF3N3O5. The van der Waals surface area contributed by atoms with Crippen LogP contribution in [0.25, 0.3) is 0 Å². The number of amides is 4. The van der Waals surface area contributed by atoms with E-state index in [9.17, 15) is 37.8 Å². The van der Waals surface area contributed by atoms with E-state index < -0.39 is 52.6 Å². The van der Waals surface area contributed by atoms with Crippen LogP contribution in [0.2, 0.25) is 5.02 Å². The van der Waals surface area contributed by atoms with Gasteiger partial charge in [0, 0.05) is 19.0 Å². The van der Waals surface area contributed by atoms with Gasteiger partial charge in [-0.3, -0.25) is 19.8 Å². The number of aliphatic hydroxyl groups is 2. The molecule has 0 radical (unpaired) electrons. The number of alkyl halides is 3. The summed E-state index contributed by atoms with van der Waals surface area (Å²) in [7, 11) is 1.37. The number of rotatable bonds is 3. The Morgan fingerprint density at radius 3 is 2.45 bits per heavy atom. The summed E-state index contributed by atoms with van der Waals surface area (Å²) in [6, 6.07) is -1.16. The first-order valence-corrected chi connectivity index (χ1v) is 8.90. The highest BCUT2D eigenvalue weighted by Crippen LogP contribution is 2.47. The van der Waals surface area contributed by atoms with E-state index in [1.165, 1.54) is 14.0 Å². The predicted molar refractivity (Wildman–Crippen MR) is 92.2 cm³/mol. The van der Waals surface area contributed by atoms with Crippen molar-refractivity contribution in [1.29, 1.82) is 0 Å². The minimum atomic E-state index is -4.76. The molecular weight excluding hydrogens is 419 g/mol. The Morgan fingerprint density at radius 1 is 1.31 bits per heavy atom. The molecule has 0 spiro atoms. The molecule has 0 saturated carbocycles. The smallest absolute Gasteiger partial charge is 0.345 e. The van der Waals surface area contributed by atoms with E-state index in [0.29, 0.717) is 11.0 Å². The first-order chi connectivity index (χ1) is 13.3. The van der Waals surface area contributed by atoms with Gasteiger partial charge in [0.2, 0.25) is 5.91 Å². The molecule has 12 heteroatoms. The summed E-state index contributed by atoms with van der Waals surface area (Å²) >= 11 is 5.66. The van der Waals surface area contributed by atoms with E-state index in [4.69, 9.17) is 11.6 Å². The maximum atomic E-state index is 13.1. The van der Waals surface area contributed by atoms with Gasteiger partial charge < -0.3 is 15.1 Å². The molecule has 1 fully saturated rings. The highest BCUT2D eigenvalue weighted by Gasteiger charge is 2.51. The van der Waals surface area contributed by atoms with Crippen LogP contribution < -0.4 is 5.32 Å². The molecule has 2 aliphatic heterocycles. The third kappa shape index (κ3) is 3.43. The molecule has 1 aromatic rings. The molecule has 2 atom stereocenters. The van der Waals surface area contributed by atoms with Crippen LogP contribution in [0.5, 0.6) is 0 Å². The zero-order valence-corrected chi connectivity index (χ0v) is 16.0. The number of nitrogens with one attached hydrogen (secondary N) is 1. The molecule has 3 rings (SSSR count). The Labute approximate surface area is 167 Å². The van der Waals surface area contributed by atoms with Crippen molar-refractivity contribution in [2.24, 2.45) is 0 Å². The highest BCUT2D eigenvalue weighted by molar-refractivity contribution is 6.31. The van der Waals surface area contributed by atoms with Crippen LogP contribution in [-0.4, -0.2) is 50.9 Å². The van der Waals surface area contributed by atoms with Gasteiger partial charge in [0.25, 0.3) is 11.8 Å². The SMILES string of the molecule is CC1c2cc(C(F)(F)F)c(Cl)cc2C(O)(O)N1C(=O)CCC1C(=O)NC(=O)N1C. The number of urea groups is 1. The van der Waals surface area contributed by atoms with Crippen LogP contribution in [0, 0.1) is 0 Å². The minimum Gasteiger partial charge on any atom is -0.345 e. The van der Waals surface area contributed by atoms with Crippen LogP contribution in [-0.2, 0) is 21.7 Å². The number of imide groups is 1. The number of fused-ring (bicyclic) bond motifs is 1. The first-order valence-electron chi connectivity index (χ1n) is 8.52. The van der Waals surface area contributed by atoms with Gasteiger partial charge in [0.05, 0.1) is 16.6 Å². The fourth-order valence-corrected chi connectivity index (χ4v) is 3.94. The summed E-state index contributed by atoms with van der Waals surface area (Å²) in [4.78, 5) is 37.6. The van der Waals surface area contributed by atoms with Crippen molar-refractivity contribution in [2.75, 3.05) is 7.05 Å². The van der Waals surface area contributed by atoms with Crippen molar-refractivity contribution in [3.8, 4) is 0 Å². The number of nitrogens with zero attached hydrogens (tertiary/aromatic N) is 2. The van der Waals surface area contributed by atoms with Gasteiger partial charge in [-0.05, 0) is 31.0 Å². The van der Waals surface area contributed by atoms with Crippen molar-refractivity contribution in [2.45, 2.75) is 43.9 Å². The fourth-order valence-electron chi connectivity index (χ4n) is 3.67. The van der Waals surface area contributed by atoms with E-state index in [2.05, 4.69) is 5.32 Å². The molecule has 0 bridgehead atoms. The van der Waals surface area contributed by atoms with Gasteiger partial charge in [-0.1, -0.05) is 11.6 Å². The quantitative estimate of drug-likeness (QED) is 0.494. The zero-order valence-electron chi connectivity index (χ0n) is 15.2. The Kier molecular flexibility index (Phi) is 5.04. The van der Waals surface area contributed by atoms with E-state index in [1.54, 1.807) is 0 Å². The standard InChI is InChI=1S/C17H17ClF3N3O5/c1-7-8-5-10(16(19,20)21)11(18)6-9(8)17(28,29)24(7)13(25)4-3-12-14(26)22-15(27)23(12)2/h5-7,12,28-29H,3-4H2,1-2H3,(H,22,26,27). The zero-order chi connectivity index (χ0) is 21.9. The number of hydrogen-bond acceptors (Lipinski definition) is 5. The number of hydrogen-bond donors (Lipinski definition) is 3. The molecule has 2 aliphatic rings. The molecule has 2 heterocycles. The lowest BCUT2D eigenvalue weighted by Crippen LogP contribution is -2.46. The van der Waals surface area contributed by atoms with Crippen LogP contribution in [0.4, 0.5) is 18.0 Å². The highest BCUT2D eigenvalue weighted by atomic mass is 35.5. The van der Waals surface area contributed by atoms with Gasteiger partial charge in [0.1, 0.15) is 6.04 Å². The summed E-state index contributed by atoms with van der Waals surface area (Å²) in [6.07, 6.45) is -5.21. The Bertz CT molecular complexity index is 905. The van der Waals surface area contributed by atoms with Gasteiger partial charge in [-0.2, -0.15) is 13.2 Å².